The number of halogens is 1. The quantitative estimate of drug-likeness (QED) is 0.694. The summed E-state index contributed by atoms with van der Waals surface area (Å²) < 4.78 is 6.59. The molecule has 0 unspecified atom stereocenters. The second kappa shape index (κ2) is 5.27. The molecule has 0 aliphatic rings. The van der Waals surface area contributed by atoms with Crippen LogP contribution in [0, 0.1) is 0 Å². The molecule has 0 saturated carbocycles. The van der Waals surface area contributed by atoms with Crippen molar-refractivity contribution in [2.45, 2.75) is 25.4 Å². The average Bonchev–Trinajstić information content (AvgIpc) is 2.66. The molecule has 0 bridgehead atoms. The molecule has 2 aromatic rings. The van der Waals surface area contributed by atoms with E-state index in [9.17, 15) is 0 Å². The van der Waals surface area contributed by atoms with Gasteiger partial charge in [0.15, 0.2) is 5.16 Å². The second-order valence-electron chi connectivity index (χ2n) is 3.44. The van der Waals surface area contributed by atoms with Crippen molar-refractivity contribution < 1.29 is 4.74 Å². The van der Waals surface area contributed by atoms with Crippen LogP contribution in [0.1, 0.15) is 19.5 Å². The number of thioether (sulfide) groups is 1. The maximum atomic E-state index is 5.59. The first-order valence-electron chi connectivity index (χ1n) is 5.46. The maximum Gasteiger partial charge on any atom is 0.228 e. The monoisotopic (exact) mass is 315 g/mol. The Morgan fingerprint density at radius 3 is 2.71 bits per heavy atom. The zero-order chi connectivity index (χ0) is 12.4. The molecule has 2 heterocycles. The summed E-state index contributed by atoms with van der Waals surface area (Å²) in [6, 6.07) is 0. The number of nitrogens with one attached hydrogen (secondary N) is 1. The van der Waals surface area contributed by atoms with Crippen LogP contribution in [0.5, 0.6) is 5.88 Å². The van der Waals surface area contributed by atoms with Crippen molar-refractivity contribution in [3.63, 3.8) is 0 Å². The van der Waals surface area contributed by atoms with Crippen LogP contribution in [0.4, 0.5) is 0 Å². The van der Waals surface area contributed by atoms with Gasteiger partial charge in [-0.15, -0.1) is 0 Å². The number of rotatable bonds is 4. The normalized spacial score (nSPS) is 11.1. The first-order valence-corrected chi connectivity index (χ1v) is 7.47. The number of fused-ring (bicyclic) bond motifs is 1. The molecule has 0 atom stereocenters. The standard InChI is InChI=1S/C11H14BrN3OS/c1-4-6-8(12)7-9(13-6)14-11(17-3)15-10(7)16-5-2/h4-5H2,1-3H3,(H,13,14,15). The Bertz CT molecular complexity index is 541. The summed E-state index contributed by atoms with van der Waals surface area (Å²) in [6.07, 6.45) is 2.87. The first-order chi connectivity index (χ1) is 8.21. The average molecular weight is 316 g/mol. The number of hydrogen-bond acceptors (Lipinski definition) is 4. The molecule has 6 heteroatoms. The highest BCUT2D eigenvalue weighted by Crippen LogP contribution is 2.34. The van der Waals surface area contributed by atoms with Gasteiger partial charge in [-0.3, -0.25) is 0 Å². The smallest absolute Gasteiger partial charge is 0.228 e. The highest BCUT2D eigenvalue weighted by Gasteiger charge is 2.16. The summed E-state index contributed by atoms with van der Waals surface area (Å²) >= 11 is 5.09. The molecule has 2 aromatic heterocycles. The third-order valence-electron chi connectivity index (χ3n) is 2.43. The van der Waals surface area contributed by atoms with Crippen LogP contribution in [-0.4, -0.2) is 27.8 Å². The molecule has 2 rings (SSSR count). The lowest BCUT2D eigenvalue weighted by molar-refractivity contribution is 0.328. The number of nitrogens with zero attached hydrogens (tertiary/aromatic N) is 2. The van der Waals surface area contributed by atoms with Crippen molar-refractivity contribution in [1.29, 1.82) is 0 Å². The van der Waals surface area contributed by atoms with Crippen molar-refractivity contribution in [2.75, 3.05) is 12.9 Å². The molecule has 0 spiro atoms. The predicted octanol–water partition coefficient (Wildman–Crippen LogP) is 3.40. The SMILES string of the molecule is CCOc1nc(SC)nc2[nH]c(CC)c(Br)c12. The third-order valence-corrected chi connectivity index (χ3v) is 3.85. The van der Waals surface area contributed by atoms with Crippen molar-refractivity contribution in [2.24, 2.45) is 0 Å². The van der Waals surface area contributed by atoms with Gasteiger partial charge in [0.2, 0.25) is 5.88 Å². The highest BCUT2D eigenvalue weighted by molar-refractivity contribution is 9.10. The molecule has 92 valence electrons. The summed E-state index contributed by atoms with van der Waals surface area (Å²) in [5.74, 6) is 0.643. The van der Waals surface area contributed by atoms with E-state index < -0.39 is 0 Å². The van der Waals surface area contributed by atoms with E-state index in [1.165, 1.54) is 11.8 Å². The van der Waals surface area contributed by atoms with Gasteiger partial charge in [0, 0.05) is 5.69 Å². The van der Waals surface area contributed by atoms with Gasteiger partial charge < -0.3 is 9.72 Å². The molecule has 1 N–H and O–H groups in total. The van der Waals surface area contributed by atoms with E-state index in [-0.39, 0.29) is 0 Å². The zero-order valence-corrected chi connectivity index (χ0v) is 12.4. The molecule has 0 aromatic carbocycles. The van der Waals surface area contributed by atoms with E-state index in [1.54, 1.807) is 0 Å². The lowest BCUT2D eigenvalue weighted by Gasteiger charge is -2.05. The lowest BCUT2D eigenvalue weighted by atomic mass is 10.3. The van der Waals surface area contributed by atoms with Gasteiger partial charge in [0.05, 0.1) is 16.5 Å². The first kappa shape index (κ1) is 12.7. The van der Waals surface area contributed by atoms with Crippen molar-refractivity contribution >= 4 is 38.7 Å². The molecule has 0 saturated heterocycles. The van der Waals surface area contributed by atoms with Gasteiger partial charge in [0.1, 0.15) is 5.65 Å². The molecular weight excluding hydrogens is 302 g/mol. The number of ether oxygens (including phenoxy) is 1. The minimum Gasteiger partial charge on any atom is -0.477 e. The molecular formula is C11H14BrN3OS. The number of aryl methyl sites for hydroxylation is 1. The zero-order valence-electron chi connectivity index (χ0n) is 10.0. The minimum atomic E-state index is 0.596. The fourth-order valence-corrected chi connectivity index (χ4v) is 2.73. The molecule has 4 nitrogen and oxygen atoms in total. The van der Waals surface area contributed by atoms with E-state index >= 15 is 0 Å². The van der Waals surface area contributed by atoms with Crippen LogP contribution in [-0.2, 0) is 6.42 Å². The van der Waals surface area contributed by atoms with Crippen LogP contribution < -0.4 is 4.74 Å². The molecule has 0 fully saturated rings. The Hall–Kier alpha value is -0.750. The third kappa shape index (κ3) is 2.28. The Labute approximate surface area is 113 Å². The molecule has 0 amide bonds. The summed E-state index contributed by atoms with van der Waals surface area (Å²) in [7, 11) is 0. The number of H-pyrrole nitrogens is 1. The maximum absolute atomic E-state index is 5.59. The van der Waals surface area contributed by atoms with E-state index in [2.05, 4.69) is 37.8 Å². The van der Waals surface area contributed by atoms with Gasteiger partial charge >= 0.3 is 0 Å². The van der Waals surface area contributed by atoms with Crippen LogP contribution in [0.25, 0.3) is 11.0 Å². The minimum absolute atomic E-state index is 0.596. The Kier molecular flexibility index (Phi) is 3.93. The van der Waals surface area contributed by atoms with E-state index in [4.69, 9.17) is 4.74 Å². The Morgan fingerprint density at radius 1 is 1.35 bits per heavy atom. The fraction of sp³-hybridized carbons (Fsp3) is 0.455. The van der Waals surface area contributed by atoms with Gasteiger partial charge in [-0.05, 0) is 35.5 Å². The molecule has 0 radical (unpaired) electrons. The van der Waals surface area contributed by atoms with Gasteiger partial charge in [0.25, 0.3) is 0 Å². The summed E-state index contributed by atoms with van der Waals surface area (Å²) in [5, 5.41) is 1.65. The summed E-state index contributed by atoms with van der Waals surface area (Å²) in [5.41, 5.74) is 1.95. The lowest BCUT2D eigenvalue weighted by Crippen LogP contribution is -1.97. The Morgan fingerprint density at radius 2 is 2.12 bits per heavy atom. The van der Waals surface area contributed by atoms with E-state index in [0.29, 0.717) is 12.5 Å². The molecule has 0 aliphatic carbocycles. The van der Waals surface area contributed by atoms with Gasteiger partial charge in [-0.1, -0.05) is 18.7 Å². The fourth-order valence-electron chi connectivity index (χ4n) is 1.63. The highest BCUT2D eigenvalue weighted by atomic mass is 79.9. The summed E-state index contributed by atoms with van der Waals surface area (Å²) in [6.45, 7) is 4.64. The molecule has 0 aliphatic heterocycles. The summed E-state index contributed by atoms with van der Waals surface area (Å²) in [4.78, 5) is 12.1. The van der Waals surface area contributed by atoms with Crippen molar-refractivity contribution in [3.05, 3.63) is 10.2 Å². The largest absolute Gasteiger partial charge is 0.477 e. The van der Waals surface area contributed by atoms with Crippen molar-refractivity contribution in [3.8, 4) is 5.88 Å². The topological polar surface area (TPSA) is 50.8 Å². The van der Waals surface area contributed by atoms with Crippen LogP contribution >= 0.6 is 27.7 Å². The van der Waals surface area contributed by atoms with Crippen LogP contribution in [0.15, 0.2) is 9.63 Å². The van der Waals surface area contributed by atoms with Gasteiger partial charge in [-0.25, -0.2) is 4.98 Å². The second-order valence-corrected chi connectivity index (χ2v) is 5.01. The van der Waals surface area contributed by atoms with E-state index in [1.807, 2.05) is 13.2 Å². The van der Waals surface area contributed by atoms with Gasteiger partial charge in [-0.2, -0.15) is 4.98 Å². The number of hydrogen-bond donors (Lipinski definition) is 1. The van der Waals surface area contributed by atoms with Crippen LogP contribution in [0.3, 0.4) is 0 Å². The number of aromatic amines is 1. The Balaban J connectivity index is 2.70. The number of aromatic nitrogens is 3. The van der Waals surface area contributed by atoms with Crippen molar-refractivity contribution in [1.82, 2.24) is 15.0 Å². The van der Waals surface area contributed by atoms with E-state index in [0.717, 1.165) is 32.8 Å². The predicted molar refractivity (Wildman–Crippen MR) is 73.9 cm³/mol. The molecule has 17 heavy (non-hydrogen) atoms. The van der Waals surface area contributed by atoms with Crippen LogP contribution in [0.2, 0.25) is 0 Å².